The minimum Gasteiger partial charge on any atom is -0.443 e. The van der Waals surface area contributed by atoms with E-state index < -0.39 is 9.85 Å². The fourth-order valence-corrected chi connectivity index (χ4v) is 3.83. The van der Waals surface area contributed by atoms with Gasteiger partial charge in [0.05, 0.1) is 9.85 Å². The van der Waals surface area contributed by atoms with Crippen molar-refractivity contribution in [3.05, 3.63) is 115 Å². The molecule has 0 aliphatic heterocycles. The molecule has 4 aromatic rings. The van der Waals surface area contributed by atoms with Gasteiger partial charge in [-0.1, -0.05) is 71.7 Å². The Morgan fingerprint density at radius 1 is 0.606 bits per heavy atom. The smallest absolute Gasteiger partial charge is 0.312 e. The van der Waals surface area contributed by atoms with Crippen LogP contribution in [0.15, 0.2) is 84.9 Å². The number of nitrogens with zero attached hydrogens (tertiary/aromatic N) is 2. The van der Waals surface area contributed by atoms with Crippen molar-refractivity contribution in [2.45, 2.75) is 0 Å². The van der Waals surface area contributed by atoms with Crippen LogP contribution in [0, 0.1) is 20.2 Å². The molecule has 0 fully saturated rings. The third-order valence-electron chi connectivity index (χ3n) is 4.90. The van der Waals surface area contributed by atoms with Gasteiger partial charge in [-0.25, -0.2) is 0 Å². The number of nitro groups is 2. The van der Waals surface area contributed by atoms with Crippen LogP contribution in [0.4, 0.5) is 11.4 Å². The molecular formula is C24H14Cl2N2O5. The summed E-state index contributed by atoms with van der Waals surface area (Å²) in [4.78, 5) is 22.2. The van der Waals surface area contributed by atoms with Gasteiger partial charge in [0.2, 0.25) is 11.5 Å². The number of rotatable bonds is 6. The predicted octanol–water partition coefficient (Wildman–Crippen LogP) is 7.94. The standard InChI is InChI=1S/C24H14Cl2N2O5/c25-19-7-3-1-5-17(19)15-9-11-23(21(13-15)27(29)30)33-24-12-10-16(14-22(24)28(31)32)18-6-2-4-8-20(18)26/h1-14H. The molecular weight excluding hydrogens is 467 g/mol. The molecule has 4 rings (SSSR count). The molecule has 0 aliphatic carbocycles. The Morgan fingerprint density at radius 3 is 1.36 bits per heavy atom. The van der Waals surface area contributed by atoms with E-state index in [1.165, 1.54) is 24.3 Å². The maximum atomic E-state index is 11.7. The van der Waals surface area contributed by atoms with Crippen molar-refractivity contribution < 1.29 is 14.6 Å². The second kappa shape index (κ2) is 9.28. The highest BCUT2D eigenvalue weighted by Crippen LogP contribution is 2.41. The number of halogens is 2. The zero-order valence-corrected chi connectivity index (χ0v) is 18.3. The summed E-state index contributed by atoms with van der Waals surface area (Å²) >= 11 is 12.4. The van der Waals surface area contributed by atoms with Crippen LogP contribution >= 0.6 is 23.2 Å². The lowest BCUT2D eigenvalue weighted by molar-refractivity contribution is -0.387. The van der Waals surface area contributed by atoms with E-state index >= 15 is 0 Å². The SMILES string of the molecule is O=[N+]([O-])c1cc(-c2ccccc2Cl)ccc1Oc1ccc(-c2ccccc2Cl)cc1[N+](=O)[O-]. The van der Waals surface area contributed by atoms with Gasteiger partial charge in [-0.3, -0.25) is 20.2 Å². The summed E-state index contributed by atoms with van der Waals surface area (Å²) in [6, 6.07) is 22.5. The first-order valence-electron chi connectivity index (χ1n) is 9.59. The molecule has 0 radical (unpaired) electrons. The lowest BCUT2D eigenvalue weighted by atomic mass is 10.0. The summed E-state index contributed by atoms with van der Waals surface area (Å²) in [5.74, 6) is -0.270. The first kappa shape index (κ1) is 22.3. The highest BCUT2D eigenvalue weighted by atomic mass is 35.5. The molecule has 0 N–H and O–H groups in total. The summed E-state index contributed by atoms with van der Waals surface area (Å²) in [7, 11) is 0. The monoisotopic (exact) mass is 480 g/mol. The Morgan fingerprint density at radius 2 is 1.00 bits per heavy atom. The van der Waals surface area contributed by atoms with Crippen LogP contribution in [0.2, 0.25) is 10.0 Å². The van der Waals surface area contributed by atoms with E-state index in [1.807, 2.05) is 0 Å². The summed E-state index contributed by atoms with van der Waals surface area (Å²) < 4.78 is 5.66. The van der Waals surface area contributed by atoms with Crippen molar-refractivity contribution in [1.82, 2.24) is 0 Å². The molecule has 0 amide bonds. The van der Waals surface area contributed by atoms with E-state index in [9.17, 15) is 20.2 Å². The van der Waals surface area contributed by atoms with Crippen LogP contribution < -0.4 is 4.74 Å². The van der Waals surface area contributed by atoms with Crippen molar-refractivity contribution in [3.63, 3.8) is 0 Å². The Balaban J connectivity index is 1.75. The number of hydrogen-bond acceptors (Lipinski definition) is 5. The summed E-state index contributed by atoms with van der Waals surface area (Å²) in [6.07, 6.45) is 0. The average molecular weight is 481 g/mol. The van der Waals surface area contributed by atoms with Crippen molar-refractivity contribution in [2.24, 2.45) is 0 Å². The summed E-state index contributed by atoms with van der Waals surface area (Å²) in [5, 5.41) is 24.3. The fourth-order valence-electron chi connectivity index (χ4n) is 3.34. The molecule has 0 bridgehead atoms. The van der Waals surface area contributed by atoms with Gasteiger partial charge in [0.25, 0.3) is 0 Å². The minimum absolute atomic E-state index is 0.135. The van der Waals surface area contributed by atoms with E-state index in [2.05, 4.69) is 0 Å². The van der Waals surface area contributed by atoms with Gasteiger partial charge < -0.3 is 4.74 Å². The Kier molecular flexibility index (Phi) is 6.26. The first-order valence-corrected chi connectivity index (χ1v) is 10.4. The third kappa shape index (κ3) is 4.64. The Labute approximate surface area is 198 Å². The van der Waals surface area contributed by atoms with Crippen LogP contribution in [0.1, 0.15) is 0 Å². The maximum absolute atomic E-state index is 11.7. The van der Waals surface area contributed by atoms with Gasteiger partial charge in [0, 0.05) is 33.3 Å². The molecule has 7 nitrogen and oxygen atoms in total. The fraction of sp³-hybridized carbons (Fsp3) is 0. The lowest BCUT2D eigenvalue weighted by Gasteiger charge is -2.11. The number of nitro benzene ring substituents is 2. The Bertz CT molecular complexity index is 1290. The highest BCUT2D eigenvalue weighted by molar-refractivity contribution is 6.33. The maximum Gasteiger partial charge on any atom is 0.312 e. The van der Waals surface area contributed by atoms with Gasteiger partial charge in [-0.2, -0.15) is 0 Å². The summed E-state index contributed by atoms with van der Waals surface area (Å²) in [6.45, 7) is 0. The summed E-state index contributed by atoms with van der Waals surface area (Å²) in [5.41, 5.74) is 1.56. The second-order valence-corrected chi connectivity index (χ2v) is 7.76. The number of hydrogen-bond donors (Lipinski definition) is 0. The van der Waals surface area contributed by atoms with Crippen LogP contribution in [0.5, 0.6) is 11.5 Å². The van der Waals surface area contributed by atoms with E-state index in [-0.39, 0.29) is 22.9 Å². The van der Waals surface area contributed by atoms with Crippen LogP contribution in [0.3, 0.4) is 0 Å². The quantitative estimate of drug-likeness (QED) is 0.206. The molecule has 164 valence electrons. The van der Waals surface area contributed by atoms with E-state index in [4.69, 9.17) is 27.9 Å². The molecule has 0 aliphatic rings. The largest absolute Gasteiger partial charge is 0.443 e. The molecule has 0 atom stereocenters. The van der Waals surface area contributed by atoms with Crippen molar-refractivity contribution in [3.8, 4) is 33.8 Å². The van der Waals surface area contributed by atoms with Crippen LogP contribution in [-0.4, -0.2) is 9.85 Å². The van der Waals surface area contributed by atoms with Gasteiger partial charge >= 0.3 is 11.4 Å². The first-order chi connectivity index (χ1) is 15.8. The molecule has 0 aromatic heterocycles. The molecule has 4 aromatic carbocycles. The van der Waals surface area contributed by atoms with E-state index in [0.29, 0.717) is 32.3 Å². The van der Waals surface area contributed by atoms with E-state index in [1.54, 1.807) is 60.7 Å². The topological polar surface area (TPSA) is 95.5 Å². The molecule has 9 heteroatoms. The average Bonchev–Trinajstić information content (AvgIpc) is 2.80. The molecule has 0 saturated carbocycles. The molecule has 0 spiro atoms. The normalized spacial score (nSPS) is 10.6. The predicted molar refractivity (Wildman–Crippen MR) is 127 cm³/mol. The zero-order valence-electron chi connectivity index (χ0n) is 16.8. The van der Waals surface area contributed by atoms with Gasteiger partial charge in [-0.05, 0) is 35.4 Å². The van der Waals surface area contributed by atoms with Crippen molar-refractivity contribution in [1.29, 1.82) is 0 Å². The minimum atomic E-state index is -0.611. The lowest BCUT2D eigenvalue weighted by Crippen LogP contribution is -1.98. The molecule has 33 heavy (non-hydrogen) atoms. The zero-order chi connectivity index (χ0) is 23.5. The number of benzene rings is 4. The second-order valence-electron chi connectivity index (χ2n) is 6.94. The third-order valence-corrected chi connectivity index (χ3v) is 5.56. The van der Waals surface area contributed by atoms with Crippen LogP contribution in [-0.2, 0) is 0 Å². The van der Waals surface area contributed by atoms with Gasteiger partial charge in [0.15, 0.2) is 0 Å². The number of ether oxygens (including phenoxy) is 1. The Hall–Kier alpha value is -3.94. The molecule has 0 heterocycles. The highest BCUT2D eigenvalue weighted by Gasteiger charge is 2.23. The molecule has 0 saturated heterocycles. The van der Waals surface area contributed by atoms with E-state index in [0.717, 1.165) is 0 Å². The van der Waals surface area contributed by atoms with Gasteiger partial charge in [0.1, 0.15) is 0 Å². The molecule has 0 unspecified atom stereocenters. The van der Waals surface area contributed by atoms with Crippen LogP contribution in [0.25, 0.3) is 22.3 Å². The van der Waals surface area contributed by atoms with Gasteiger partial charge in [-0.15, -0.1) is 0 Å². The van der Waals surface area contributed by atoms with Crippen molar-refractivity contribution >= 4 is 34.6 Å². The van der Waals surface area contributed by atoms with Crippen molar-refractivity contribution in [2.75, 3.05) is 0 Å².